The fourth-order valence-corrected chi connectivity index (χ4v) is 4.58. The first-order valence-corrected chi connectivity index (χ1v) is 11.4. The van der Waals surface area contributed by atoms with Gasteiger partial charge in [0.05, 0.1) is 17.2 Å². The number of nitrogens with two attached hydrogens (primary N) is 1. The van der Waals surface area contributed by atoms with E-state index in [1.807, 2.05) is 19.9 Å². The quantitative estimate of drug-likeness (QED) is 0.572. The Hall–Kier alpha value is -4.26. The van der Waals surface area contributed by atoms with Gasteiger partial charge in [0, 0.05) is 18.4 Å². The molecule has 1 unspecified atom stereocenters. The van der Waals surface area contributed by atoms with Crippen molar-refractivity contribution < 1.29 is 32.2 Å². The molecule has 0 aromatic heterocycles. The minimum Gasteiger partial charge on any atom is -0.484 e. The second-order valence-electron chi connectivity index (χ2n) is 9.66. The summed E-state index contributed by atoms with van der Waals surface area (Å²) < 4.78 is 50.8. The molecule has 10 heteroatoms. The van der Waals surface area contributed by atoms with Crippen LogP contribution >= 0.6 is 0 Å². The van der Waals surface area contributed by atoms with Crippen molar-refractivity contribution in [2.45, 2.75) is 38.8 Å². The SMILES string of the molecule is CC1(C)CC(=O)C2=C(C1)OC(N)=C(C#N)C2c1cccc(OCC(=O)Nc2ccccc2C(F)(F)F)c1. The minimum absolute atomic E-state index is 0.0780. The van der Waals surface area contributed by atoms with E-state index in [1.165, 1.54) is 12.1 Å². The van der Waals surface area contributed by atoms with Crippen LogP contribution in [-0.2, 0) is 20.5 Å². The number of anilines is 1. The number of nitrogens with one attached hydrogen (secondary N) is 1. The Bertz CT molecular complexity index is 1370. The average molecular weight is 512 g/mol. The normalized spacial score (nSPS) is 19.0. The zero-order valence-electron chi connectivity index (χ0n) is 20.1. The van der Waals surface area contributed by atoms with Gasteiger partial charge in [0.1, 0.15) is 23.2 Å². The van der Waals surface area contributed by atoms with Crippen LogP contribution in [0.2, 0.25) is 0 Å². The van der Waals surface area contributed by atoms with E-state index in [1.54, 1.807) is 24.3 Å². The number of benzene rings is 2. The molecule has 192 valence electrons. The van der Waals surface area contributed by atoms with Gasteiger partial charge in [0.15, 0.2) is 12.4 Å². The molecule has 0 spiro atoms. The van der Waals surface area contributed by atoms with Crippen LogP contribution in [0.3, 0.4) is 0 Å². The van der Waals surface area contributed by atoms with Gasteiger partial charge in [-0.1, -0.05) is 38.1 Å². The van der Waals surface area contributed by atoms with E-state index in [0.717, 1.165) is 12.1 Å². The van der Waals surface area contributed by atoms with Crippen LogP contribution in [0.1, 0.15) is 43.7 Å². The molecule has 37 heavy (non-hydrogen) atoms. The fraction of sp³-hybridized carbons (Fsp3) is 0.296. The monoisotopic (exact) mass is 511 g/mol. The molecule has 0 saturated heterocycles. The predicted molar refractivity (Wildman–Crippen MR) is 128 cm³/mol. The van der Waals surface area contributed by atoms with Crippen molar-refractivity contribution in [1.29, 1.82) is 5.26 Å². The maximum absolute atomic E-state index is 13.2. The van der Waals surface area contributed by atoms with Crippen LogP contribution in [0.5, 0.6) is 5.75 Å². The molecule has 0 radical (unpaired) electrons. The maximum Gasteiger partial charge on any atom is 0.418 e. The predicted octanol–water partition coefficient (Wildman–Crippen LogP) is 5.17. The number of hydrogen-bond acceptors (Lipinski definition) is 6. The number of Topliss-reactive ketones (excluding diaryl/α,β-unsaturated/α-hetero) is 1. The highest BCUT2D eigenvalue weighted by Gasteiger charge is 2.43. The Balaban J connectivity index is 1.56. The highest BCUT2D eigenvalue weighted by Crippen LogP contribution is 2.48. The summed E-state index contributed by atoms with van der Waals surface area (Å²) in [5, 5.41) is 12.0. The van der Waals surface area contributed by atoms with Gasteiger partial charge in [0.25, 0.3) is 5.91 Å². The van der Waals surface area contributed by atoms with Crippen molar-refractivity contribution in [2.24, 2.45) is 11.1 Å². The van der Waals surface area contributed by atoms with E-state index in [9.17, 15) is 28.0 Å². The van der Waals surface area contributed by atoms with Crippen molar-refractivity contribution in [3.63, 3.8) is 0 Å². The van der Waals surface area contributed by atoms with Gasteiger partial charge in [-0.3, -0.25) is 9.59 Å². The van der Waals surface area contributed by atoms with E-state index >= 15 is 0 Å². The van der Waals surface area contributed by atoms with Gasteiger partial charge in [-0.15, -0.1) is 0 Å². The lowest BCUT2D eigenvalue weighted by Crippen LogP contribution is -2.33. The van der Waals surface area contributed by atoms with E-state index < -0.39 is 30.2 Å². The molecule has 7 nitrogen and oxygen atoms in total. The highest BCUT2D eigenvalue weighted by atomic mass is 19.4. The van der Waals surface area contributed by atoms with Crippen LogP contribution in [0.4, 0.5) is 18.9 Å². The highest BCUT2D eigenvalue weighted by molar-refractivity contribution is 6.00. The summed E-state index contributed by atoms with van der Waals surface area (Å²) in [5.74, 6) is -1.13. The Morgan fingerprint density at radius 1 is 1.22 bits per heavy atom. The molecule has 2 aromatic carbocycles. The Kier molecular flexibility index (Phi) is 6.74. The Labute approximate surface area is 211 Å². The number of hydrogen-bond donors (Lipinski definition) is 2. The van der Waals surface area contributed by atoms with Gasteiger partial charge in [0.2, 0.25) is 5.88 Å². The van der Waals surface area contributed by atoms with Crippen molar-refractivity contribution in [1.82, 2.24) is 0 Å². The van der Waals surface area contributed by atoms with Crippen molar-refractivity contribution in [2.75, 3.05) is 11.9 Å². The number of ether oxygens (including phenoxy) is 2. The van der Waals surface area contributed by atoms with Gasteiger partial charge in [-0.25, -0.2) is 0 Å². The number of para-hydroxylation sites is 1. The third-order valence-electron chi connectivity index (χ3n) is 6.14. The lowest BCUT2D eigenvalue weighted by Gasteiger charge is -2.37. The van der Waals surface area contributed by atoms with Gasteiger partial charge >= 0.3 is 6.18 Å². The molecule has 1 aliphatic carbocycles. The lowest BCUT2D eigenvalue weighted by molar-refractivity contribution is -0.137. The van der Waals surface area contributed by atoms with Crippen LogP contribution in [0, 0.1) is 16.7 Å². The van der Waals surface area contributed by atoms with Crippen molar-refractivity contribution >= 4 is 17.4 Å². The van der Waals surface area contributed by atoms with Crippen molar-refractivity contribution in [3.05, 3.63) is 82.4 Å². The standard InChI is InChI=1S/C27H24F3N3O4/c1-26(2)11-20(34)24-21(12-26)37-25(32)17(13-31)23(24)15-6-5-7-16(10-15)36-14-22(35)33-19-9-4-3-8-18(19)27(28,29)30/h3-10,23H,11-12,14,32H2,1-2H3,(H,33,35). The summed E-state index contributed by atoms with van der Waals surface area (Å²) in [6, 6.07) is 13.1. The summed E-state index contributed by atoms with van der Waals surface area (Å²) in [4.78, 5) is 25.4. The number of nitrogens with zero attached hydrogens (tertiary/aromatic N) is 1. The summed E-state index contributed by atoms with van der Waals surface area (Å²) in [6.07, 6.45) is -3.88. The summed E-state index contributed by atoms with van der Waals surface area (Å²) in [7, 11) is 0. The van der Waals surface area contributed by atoms with Crippen LogP contribution in [0.25, 0.3) is 0 Å². The number of nitriles is 1. The largest absolute Gasteiger partial charge is 0.484 e. The Morgan fingerprint density at radius 3 is 2.65 bits per heavy atom. The molecule has 2 aliphatic rings. The number of amides is 1. The Morgan fingerprint density at radius 2 is 1.95 bits per heavy atom. The van der Waals surface area contributed by atoms with Gasteiger partial charge in [-0.2, -0.15) is 18.4 Å². The second kappa shape index (κ2) is 9.65. The summed E-state index contributed by atoms with van der Waals surface area (Å²) >= 11 is 0. The molecular weight excluding hydrogens is 487 g/mol. The second-order valence-corrected chi connectivity index (χ2v) is 9.66. The summed E-state index contributed by atoms with van der Waals surface area (Å²) in [6.45, 7) is 3.33. The molecule has 2 aromatic rings. The van der Waals surface area contributed by atoms with Crippen LogP contribution in [0.15, 0.2) is 71.3 Å². The first kappa shape index (κ1) is 25.8. The lowest BCUT2D eigenvalue weighted by atomic mass is 9.70. The molecule has 4 rings (SSSR count). The molecule has 1 heterocycles. The third kappa shape index (κ3) is 5.45. The van der Waals surface area contributed by atoms with Crippen LogP contribution < -0.4 is 15.8 Å². The van der Waals surface area contributed by atoms with E-state index in [0.29, 0.717) is 23.3 Å². The molecule has 0 saturated carbocycles. The van der Waals surface area contributed by atoms with Gasteiger partial charge < -0.3 is 20.5 Å². The number of ketones is 1. The summed E-state index contributed by atoms with van der Waals surface area (Å²) in [5.41, 5.74) is 5.35. The molecular formula is C27H24F3N3O4. The first-order chi connectivity index (χ1) is 17.4. The molecule has 0 bridgehead atoms. The molecule has 1 amide bonds. The smallest absolute Gasteiger partial charge is 0.418 e. The maximum atomic E-state index is 13.2. The molecule has 1 aliphatic heterocycles. The zero-order valence-corrected chi connectivity index (χ0v) is 20.1. The molecule has 3 N–H and O–H groups in total. The number of carbonyl (C=O) groups is 2. The molecule has 0 fully saturated rings. The topological polar surface area (TPSA) is 114 Å². The zero-order chi connectivity index (χ0) is 27.0. The molecule has 1 atom stereocenters. The average Bonchev–Trinajstić information content (AvgIpc) is 2.81. The first-order valence-electron chi connectivity index (χ1n) is 11.4. The van der Waals surface area contributed by atoms with Crippen LogP contribution in [-0.4, -0.2) is 18.3 Å². The van der Waals surface area contributed by atoms with E-state index in [2.05, 4.69) is 5.32 Å². The number of allylic oxidation sites excluding steroid dienone is 3. The number of halogens is 3. The van der Waals surface area contributed by atoms with E-state index in [4.69, 9.17) is 15.2 Å². The number of carbonyl (C=O) groups excluding carboxylic acids is 2. The number of alkyl halides is 3. The van der Waals surface area contributed by atoms with Crippen molar-refractivity contribution in [3.8, 4) is 11.8 Å². The minimum atomic E-state index is -4.63. The number of rotatable bonds is 5. The van der Waals surface area contributed by atoms with E-state index in [-0.39, 0.29) is 40.5 Å². The third-order valence-corrected chi connectivity index (χ3v) is 6.14. The fourth-order valence-electron chi connectivity index (χ4n) is 4.58. The van der Waals surface area contributed by atoms with Gasteiger partial charge in [-0.05, 0) is 35.2 Å².